The zero-order valence-electron chi connectivity index (χ0n) is 20.8. The van der Waals surface area contributed by atoms with Gasteiger partial charge in [-0.2, -0.15) is 5.26 Å². The van der Waals surface area contributed by atoms with Crippen molar-refractivity contribution in [1.29, 1.82) is 5.26 Å². The van der Waals surface area contributed by atoms with Crippen LogP contribution in [-0.4, -0.2) is 26.4 Å². The third-order valence-corrected chi connectivity index (χ3v) is 8.64. The van der Waals surface area contributed by atoms with Crippen LogP contribution in [-0.2, 0) is 24.2 Å². The van der Waals surface area contributed by atoms with E-state index in [-0.39, 0.29) is 17.8 Å². The summed E-state index contributed by atoms with van der Waals surface area (Å²) in [5, 5.41) is 23.4. The number of aryl methyl sites for hydroxylation is 2. The number of hydrogen-bond donors (Lipinski definition) is 1. The van der Waals surface area contributed by atoms with E-state index in [2.05, 4.69) is 21.6 Å². The Balaban J connectivity index is 1.42. The van der Waals surface area contributed by atoms with Gasteiger partial charge in [0.2, 0.25) is 5.91 Å². The fourth-order valence-corrected chi connectivity index (χ4v) is 6.70. The number of thioether (sulfide) groups is 1. The molecule has 1 unspecified atom stereocenters. The molecule has 7 nitrogen and oxygen atoms in total. The standard InChI is InChI=1S/C26H30ClN5O2S2/c1-4-32-24(17(3)34-21-12-11-18(27)13-16(21)2)30-31-26(32)35-15-23(33)29-25-20(14-28)19-9-7-5-6-8-10-22(19)36-25/h11-13,17H,4-10,15H2,1-3H3,(H,29,33). The summed E-state index contributed by atoms with van der Waals surface area (Å²) in [5.41, 5.74) is 2.71. The quantitative estimate of drug-likeness (QED) is 0.317. The highest BCUT2D eigenvalue weighted by molar-refractivity contribution is 7.99. The molecule has 0 saturated heterocycles. The Kier molecular flexibility index (Phi) is 8.94. The number of anilines is 1. The molecule has 2 aromatic heterocycles. The van der Waals surface area contributed by atoms with Crippen molar-refractivity contribution in [2.45, 2.75) is 77.1 Å². The van der Waals surface area contributed by atoms with Crippen molar-refractivity contribution in [2.75, 3.05) is 11.1 Å². The Morgan fingerprint density at radius 2 is 2.08 bits per heavy atom. The first-order valence-corrected chi connectivity index (χ1v) is 14.4. The van der Waals surface area contributed by atoms with Crippen molar-refractivity contribution in [3.05, 3.63) is 50.6 Å². The number of carbonyl (C=O) groups is 1. The van der Waals surface area contributed by atoms with Gasteiger partial charge in [-0.1, -0.05) is 36.2 Å². The first-order chi connectivity index (χ1) is 17.4. The molecule has 190 valence electrons. The second-order valence-corrected chi connectivity index (χ2v) is 11.3. The van der Waals surface area contributed by atoms with Gasteiger partial charge in [0, 0.05) is 16.4 Å². The summed E-state index contributed by atoms with van der Waals surface area (Å²) in [6.07, 6.45) is 6.22. The summed E-state index contributed by atoms with van der Waals surface area (Å²) in [4.78, 5) is 14.1. The number of carbonyl (C=O) groups excluding carboxylic acids is 1. The highest BCUT2D eigenvalue weighted by atomic mass is 35.5. The lowest BCUT2D eigenvalue weighted by molar-refractivity contribution is -0.113. The number of amides is 1. The van der Waals surface area contributed by atoms with Crippen LogP contribution in [0.15, 0.2) is 23.4 Å². The van der Waals surface area contributed by atoms with Crippen molar-refractivity contribution >= 4 is 45.6 Å². The molecule has 1 aliphatic rings. The molecule has 1 atom stereocenters. The Bertz CT molecular complexity index is 1280. The average Bonchev–Trinajstić information content (AvgIpc) is 3.39. The van der Waals surface area contributed by atoms with E-state index in [4.69, 9.17) is 16.3 Å². The molecule has 1 amide bonds. The maximum absolute atomic E-state index is 12.8. The number of benzene rings is 1. The topological polar surface area (TPSA) is 92.8 Å². The number of hydrogen-bond acceptors (Lipinski definition) is 7. The minimum atomic E-state index is -0.329. The van der Waals surface area contributed by atoms with Crippen molar-refractivity contribution in [3.63, 3.8) is 0 Å². The van der Waals surface area contributed by atoms with Gasteiger partial charge in [-0.05, 0) is 75.8 Å². The average molecular weight is 544 g/mol. The van der Waals surface area contributed by atoms with Crippen LogP contribution in [0, 0.1) is 18.3 Å². The number of nitrogens with zero attached hydrogens (tertiary/aromatic N) is 4. The summed E-state index contributed by atoms with van der Waals surface area (Å²) >= 11 is 8.94. The van der Waals surface area contributed by atoms with Crippen molar-refractivity contribution < 1.29 is 9.53 Å². The second kappa shape index (κ2) is 12.1. The van der Waals surface area contributed by atoms with Crippen molar-refractivity contribution in [2.24, 2.45) is 0 Å². The third kappa shape index (κ3) is 6.05. The lowest BCUT2D eigenvalue weighted by atomic mass is 9.97. The van der Waals surface area contributed by atoms with Crippen LogP contribution in [0.2, 0.25) is 5.02 Å². The second-order valence-electron chi connectivity index (χ2n) is 8.83. The van der Waals surface area contributed by atoms with Gasteiger partial charge < -0.3 is 14.6 Å². The molecular weight excluding hydrogens is 514 g/mol. The zero-order chi connectivity index (χ0) is 25.7. The lowest BCUT2D eigenvalue weighted by Gasteiger charge is -2.17. The maximum atomic E-state index is 12.8. The predicted molar refractivity (Wildman–Crippen MR) is 145 cm³/mol. The van der Waals surface area contributed by atoms with Gasteiger partial charge in [0.05, 0.1) is 11.3 Å². The minimum absolute atomic E-state index is 0.154. The number of nitriles is 1. The van der Waals surface area contributed by atoms with Gasteiger partial charge in [-0.15, -0.1) is 21.5 Å². The van der Waals surface area contributed by atoms with E-state index in [1.807, 2.05) is 37.5 Å². The number of rotatable bonds is 8. The summed E-state index contributed by atoms with van der Waals surface area (Å²) in [6, 6.07) is 7.84. The van der Waals surface area contributed by atoms with E-state index in [0.29, 0.717) is 33.1 Å². The summed E-state index contributed by atoms with van der Waals surface area (Å²) in [7, 11) is 0. The smallest absolute Gasteiger partial charge is 0.235 e. The Hall–Kier alpha value is -2.54. The van der Waals surface area contributed by atoms with E-state index < -0.39 is 0 Å². The van der Waals surface area contributed by atoms with Crippen LogP contribution in [0.3, 0.4) is 0 Å². The normalized spacial score (nSPS) is 14.3. The largest absolute Gasteiger partial charge is 0.482 e. The van der Waals surface area contributed by atoms with Crippen LogP contribution in [0.5, 0.6) is 5.75 Å². The predicted octanol–water partition coefficient (Wildman–Crippen LogP) is 6.72. The fourth-order valence-electron chi connectivity index (χ4n) is 4.41. The van der Waals surface area contributed by atoms with Gasteiger partial charge in [-0.25, -0.2) is 0 Å². The van der Waals surface area contributed by atoms with Crippen LogP contribution in [0.4, 0.5) is 5.00 Å². The van der Waals surface area contributed by atoms with E-state index in [1.54, 1.807) is 17.4 Å². The molecule has 0 fully saturated rings. The number of halogens is 1. The molecular formula is C26H30ClN5O2S2. The van der Waals surface area contributed by atoms with Gasteiger partial charge in [0.25, 0.3) is 0 Å². The molecule has 0 radical (unpaired) electrons. The minimum Gasteiger partial charge on any atom is -0.482 e. The van der Waals surface area contributed by atoms with Gasteiger partial charge in [0.15, 0.2) is 17.1 Å². The molecule has 0 bridgehead atoms. The summed E-state index contributed by atoms with van der Waals surface area (Å²) in [6.45, 7) is 6.54. The van der Waals surface area contributed by atoms with E-state index in [1.165, 1.54) is 29.5 Å². The van der Waals surface area contributed by atoms with Gasteiger partial charge in [-0.3, -0.25) is 4.79 Å². The molecule has 3 aromatic rings. The van der Waals surface area contributed by atoms with Crippen molar-refractivity contribution in [1.82, 2.24) is 14.8 Å². The molecule has 1 aliphatic carbocycles. The molecule has 0 spiro atoms. The highest BCUT2D eigenvalue weighted by Gasteiger charge is 2.22. The zero-order valence-corrected chi connectivity index (χ0v) is 23.2. The lowest BCUT2D eigenvalue weighted by Crippen LogP contribution is -2.15. The maximum Gasteiger partial charge on any atom is 0.235 e. The van der Waals surface area contributed by atoms with E-state index in [9.17, 15) is 10.1 Å². The third-order valence-electron chi connectivity index (χ3n) is 6.23. The Morgan fingerprint density at radius 1 is 1.31 bits per heavy atom. The molecule has 1 N–H and O–H groups in total. The molecule has 1 aromatic carbocycles. The van der Waals surface area contributed by atoms with E-state index >= 15 is 0 Å². The molecule has 4 rings (SSSR count). The first-order valence-electron chi connectivity index (χ1n) is 12.2. The SMILES string of the molecule is CCn1c(SCC(=O)Nc2sc3c(c2C#N)CCCCCC3)nnc1C(C)Oc1ccc(Cl)cc1C. The van der Waals surface area contributed by atoms with Gasteiger partial charge >= 0.3 is 0 Å². The van der Waals surface area contributed by atoms with Crippen LogP contribution in [0.1, 0.15) is 73.0 Å². The Labute approximate surface area is 225 Å². The molecule has 0 aliphatic heterocycles. The number of aromatic nitrogens is 3. The molecule has 36 heavy (non-hydrogen) atoms. The summed E-state index contributed by atoms with van der Waals surface area (Å²) < 4.78 is 8.09. The Morgan fingerprint density at radius 3 is 2.81 bits per heavy atom. The number of nitrogens with one attached hydrogen (secondary N) is 1. The molecule has 2 heterocycles. The van der Waals surface area contributed by atoms with Crippen LogP contribution in [0.25, 0.3) is 0 Å². The number of ether oxygens (including phenoxy) is 1. The van der Waals surface area contributed by atoms with E-state index in [0.717, 1.165) is 42.6 Å². The van der Waals surface area contributed by atoms with Crippen LogP contribution >= 0.6 is 34.7 Å². The highest BCUT2D eigenvalue weighted by Crippen LogP contribution is 2.37. The number of fused-ring (bicyclic) bond motifs is 1. The summed E-state index contributed by atoms with van der Waals surface area (Å²) in [5.74, 6) is 1.46. The monoisotopic (exact) mass is 543 g/mol. The molecule has 0 saturated carbocycles. The van der Waals surface area contributed by atoms with Crippen molar-refractivity contribution in [3.8, 4) is 11.8 Å². The first kappa shape index (κ1) is 26.5. The fraction of sp³-hybridized carbons (Fsp3) is 0.462. The van der Waals surface area contributed by atoms with Crippen LogP contribution < -0.4 is 10.1 Å². The number of thiophene rings is 1. The molecule has 10 heteroatoms. The van der Waals surface area contributed by atoms with Gasteiger partial charge in [0.1, 0.15) is 16.8 Å².